The molecule has 4 aromatic rings. The van der Waals surface area contributed by atoms with Gasteiger partial charge in [-0.05, 0) is 30.3 Å². The average molecular weight is 435 g/mol. The van der Waals surface area contributed by atoms with Crippen LogP contribution < -0.4 is 9.47 Å². The number of methoxy groups -OCH3 is 2. The van der Waals surface area contributed by atoms with Gasteiger partial charge in [0.2, 0.25) is 11.7 Å². The molecule has 0 aliphatic carbocycles. The van der Waals surface area contributed by atoms with E-state index in [1.807, 2.05) is 42.6 Å². The SMILES string of the molecule is COc1ccc(-c2noc(CN3CCN(Cc4cn5ccccc5n4)CC3)n2)cc1OC. The highest BCUT2D eigenvalue weighted by molar-refractivity contribution is 5.60. The molecular formula is C23H26N6O3. The van der Waals surface area contributed by atoms with E-state index in [-0.39, 0.29) is 0 Å². The van der Waals surface area contributed by atoms with Crippen molar-refractivity contribution in [3.05, 3.63) is 60.4 Å². The Hall–Kier alpha value is -3.43. The summed E-state index contributed by atoms with van der Waals surface area (Å²) in [5.41, 5.74) is 2.92. The second kappa shape index (κ2) is 8.97. The summed E-state index contributed by atoms with van der Waals surface area (Å²) < 4.78 is 18.2. The van der Waals surface area contributed by atoms with Crippen LogP contribution in [0.1, 0.15) is 11.6 Å². The zero-order chi connectivity index (χ0) is 21.9. The highest BCUT2D eigenvalue weighted by atomic mass is 16.5. The van der Waals surface area contributed by atoms with Crippen molar-refractivity contribution in [1.82, 2.24) is 29.3 Å². The fourth-order valence-corrected chi connectivity index (χ4v) is 4.00. The predicted octanol–water partition coefficient (Wildman–Crippen LogP) is 2.72. The van der Waals surface area contributed by atoms with Crippen molar-refractivity contribution < 1.29 is 14.0 Å². The maximum absolute atomic E-state index is 5.51. The highest BCUT2D eigenvalue weighted by Gasteiger charge is 2.20. The molecule has 9 heteroatoms. The van der Waals surface area contributed by atoms with Crippen LogP contribution in [0.2, 0.25) is 0 Å². The molecule has 166 valence electrons. The third-order valence-electron chi connectivity index (χ3n) is 5.73. The molecule has 0 N–H and O–H groups in total. The summed E-state index contributed by atoms with van der Waals surface area (Å²) in [5, 5.41) is 4.14. The molecular weight excluding hydrogens is 408 g/mol. The number of rotatable bonds is 7. The Morgan fingerprint density at radius 1 is 0.906 bits per heavy atom. The molecule has 0 unspecified atom stereocenters. The van der Waals surface area contributed by atoms with Gasteiger partial charge in [0.25, 0.3) is 0 Å². The number of pyridine rings is 1. The lowest BCUT2D eigenvalue weighted by Gasteiger charge is -2.33. The van der Waals surface area contributed by atoms with Gasteiger partial charge in [-0.15, -0.1) is 0 Å². The summed E-state index contributed by atoms with van der Waals surface area (Å²) in [6, 6.07) is 11.7. The second-order valence-electron chi connectivity index (χ2n) is 7.83. The third-order valence-corrected chi connectivity index (χ3v) is 5.73. The van der Waals surface area contributed by atoms with Crippen molar-refractivity contribution in [2.24, 2.45) is 0 Å². The van der Waals surface area contributed by atoms with E-state index in [4.69, 9.17) is 19.0 Å². The van der Waals surface area contributed by atoms with Gasteiger partial charge in [-0.1, -0.05) is 11.2 Å². The number of piperazine rings is 1. The molecule has 0 atom stereocenters. The summed E-state index contributed by atoms with van der Waals surface area (Å²) in [6.45, 7) is 5.35. The van der Waals surface area contributed by atoms with Crippen LogP contribution in [0.5, 0.6) is 11.5 Å². The zero-order valence-corrected chi connectivity index (χ0v) is 18.3. The number of nitrogens with zero attached hydrogens (tertiary/aromatic N) is 6. The lowest BCUT2D eigenvalue weighted by Crippen LogP contribution is -2.45. The van der Waals surface area contributed by atoms with E-state index in [0.29, 0.717) is 29.8 Å². The standard InChI is InChI=1S/C23H26N6O3/c1-30-19-7-6-17(13-20(19)31-2)23-25-22(32-26-23)16-28-11-9-27(10-12-28)14-18-15-29-8-4-3-5-21(29)24-18/h3-8,13,15H,9-12,14,16H2,1-2H3. The lowest BCUT2D eigenvalue weighted by molar-refractivity contribution is 0.111. The van der Waals surface area contributed by atoms with Crippen LogP contribution in [0, 0.1) is 0 Å². The molecule has 0 saturated carbocycles. The van der Waals surface area contributed by atoms with Crippen molar-refractivity contribution in [1.29, 1.82) is 0 Å². The Morgan fingerprint density at radius 2 is 1.69 bits per heavy atom. The van der Waals surface area contributed by atoms with Crippen LogP contribution in [-0.2, 0) is 13.1 Å². The quantitative estimate of drug-likeness (QED) is 0.439. The van der Waals surface area contributed by atoms with Gasteiger partial charge in [0.15, 0.2) is 11.5 Å². The molecule has 1 saturated heterocycles. The van der Waals surface area contributed by atoms with Crippen molar-refractivity contribution in [2.75, 3.05) is 40.4 Å². The summed E-state index contributed by atoms with van der Waals surface area (Å²) in [4.78, 5) is 14.1. The van der Waals surface area contributed by atoms with Crippen LogP contribution in [0.4, 0.5) is 0 Å². The molecule has 0 radical (unpaired) electrons. The minimum atomic E-state index is 0.548. The first-order valence-electron chi connectivity index (χ1n) is 10.6. The van der Waals surface area contributed by atoms with Gasteiger partial charge in [0.05, 0.1) is 26.5 Å². The highest BCUT2D eigenvalue weighted by Crippen LogP contribution is 2.31. The first-order chi connectivity index (χ1) is 15.7. The molecule has 1 fully saturated rings. The summed E-state index contributed by atoms with van der Waals surface area (Å²) in [7, 11) is 3.22. The Morgan fingerprint density at radius 3 is 2.44 bits per heavy atom. The molecule has 0 bridgehead atoms. The van der Waals surface area contributed by atoms with E-state index in [2.05, 4.69) is 30.5 Å². The molecule has 1 aliphatic rings. The van der Waals surface area contributed by atoms with E-state index in [1.54, 1.807) is 14.2 Å². The average Bonchev–Trinajstić information content (AvgIpc) is 3.46. The number of aromatic nitrogens is 4. The van der Waals surface area contributed by atoms with Gasteiger partial charge < -0.3 is 18.4 Å². The zero-order valence-electron chi connectivity index (χ0n) is 18.3. The van der Waals surface area contributed by atoms with E-state index < -0.39 is 0 Å². The third kappa shape index (κ3) is 4.30. The monoisotopic (exact) mass is 434 g/mol. The van der Waals surface area contributed by atoms with Gasteiger partial charge in [-0.25, -0.2) is 4.98 Å². The number of imidazole rings is 1. The smallest absolute Gasteiger partial charge is 0.241 e. The Balaban J connectivity index is 1.17. The first kappa shape index (κ1) is 20.5. The summed E-state index contributed by atoms with van der Waals surface area (Å²) in [5.74, 6) is 2.47. The second-order valence-corrected chi connectivity index (χ2v) is 7.83. The number of fused-ring (bicyclic) bond motifs is 1. The van der Waals surface area contributed by atoms with Crippen LogP contribution in [0.15, 0.2) is 53.3 Å². The molecule has 32 heavy (non-hydrogen) atoms. The van der Waals surface area contributed by atoms with E-state index in [0.717, 1.165) is 49.6 Å². The number of hydrogen-bond acceptors (Lipinski definition) is 8. The fraction of sp³-hybridized carbons (Fsp3) is 0.348. The lowest BCUT2D eigenvalue weighted by atomic mass is 10.2. The van der Waals surface area contributed by atoms with E-state index in [1.165, 1.54) is 0 Å². The number of hydrogen-bond donors (Lipinski definition) is 0. The van der Waals surface area contributed by atoms with Crippen molar-refractivity contribution >= 4 is 5.65 Å². The maximum Gasteiger partial charge on any atom is 0.241 e. The maximum atomic E-state index is 5.51. The van der Waals surface area contributed by atoms with E-state index >= 15 is 0 Å². The van der Waals surface area contributed by atoms with Crippen molar-refractivity contribution in [2.45, 2.75) is 13.1 Å². The van der Waals surface area contributed by atoms with Crippen LogP contribution >= 0.6 is 0 Å². The van der Waals surface area contributed by atoms with Crippen LogP contribution in [-0.4, -0.2) is 69.7 Å². The topological polar surface area (TPSA) is 81.2 Å². The molecule has 5 rings (SSSR count). The van der Waals surface area contributed by atoms with Gasteiger partial charge >= 0.3 is 0 Å². The molecule has 9 nitrogen and oxygen atoms in total. The number of ether oxygens (including phenoxy) is 2. The minimum Gasteiger partial charge on any atom is -0.493 e. The molecule has 3 aromatic heterocycles. The Bertz CT molecular complexity index is 1160. The Kier molecular flexibility index (Phi) is 5.74. The summed E-state index contributed by atoms with van der Waals surface area (Å²) in [6.07, 6.45) is 4.14. The van der Waals surface area contributed by atoms with Gasteiger partial charge in [-0.2, -0.15) is 4.98 Å². The van der Waals surface area contributed by atoms with Crippen LogP contribution in [0.25, 0.3) is 17.0 Å². The normalized spacial score (nSPS) is 15.3. The summed E-state index contributed by atoms with van der Waals surface area (Å²) >= 11 is 0. The van der Waals surface area contributed by atoms with Gasteiger partial charge in [-0.3, -0.25) is 9.80 Å². The minimum absolute atomic E-state index is 0.548. The molecule has 0 spiro atoms. The first-order valence-corrected chi connectivity index (χ1v) is 10.6. The van der Waals surface area contributed by atoms with Crippen LogP contribution in [0.3, 0.4) is 0 Å². The molecule has 0 amide bonds. The van der Waals surface area contributed by atoms with Crippen molar-refractivity contribution in [3.8, 4) is 22.9 Å². The number of benzene rings is 1. The van der Waals surface area contributed by atoms with Gasteiger partial charge in [0.1, 0.15) is 5.65 Å². The largest absolute Gasteiger partial charge is 0.493 e. The fourth-order valence-electron chi connectivity index (χ4n) is 4.00. The van der Waals surface area contributed by atoms with E-state index in [9.17, 15) is 0 Å². The Labute approximate surface area is 186 Å². The van der Waals surface area contributed by atoms with Gasteiger partial charge in [0, 0.05) is 50.7 Å². The predicted molar refractivity (Wildman–Crippen MR) is 119 cm³/mol. The molecule has 1 aliphatic heterocycles. The molecule has 1 aromatic carbocycles. The molecule has 4 heterocycles. The van der Waals surface area contributed by atoms with Crippen molar-refractivity contribution in [3.63, 3.8) is 0 Å².